The molecule has 0 unspecified atom stereocenters. The second-order valence-corrected chi connectivity index (χ2v) is 5.81. The van der Waals surface area contributed by atoms with Crippen LogP contribution >= 0.6 is 11.8 Å². The van der Waals surface area contributed by atoms with Crippen LogP contribution in [-0.4, -0.2) is 22.4 Å². The number of hydrogen-bond acceptors (Lipinski definition) is 5. The predicted molar refractivity (Wildman–Crippen MR) is 83.6 cm³/mol. The molecular weight excluding hydrogens is 359 g/mol. The predicted octanol–water partition coefficient (Wildman–Crippen LogP) is 4.07. The number of nitrogens with one attached hydrogen (secondary N) is 1. The zero-order valence-electron chi connectivity index (χ0n) is 12.3. The minimum Gasteiger partial charge on any atom is -0.406 e. The molecule has 0 bridgehead atoms. The molecule has 1 aromatic carbocycles. The zero-order chi connectivity index (χ0) is 18.0. The summed E-state index contributed by atoms with van der Waals surface area (Å²) in [5.74, 6) is -0.295. The van der Waals surface area contributed by atoms with E-state index in [1.165, 1.54) is 24.4 Å². The van der Waals surface area contributed by atoms with Gasteiger partial charge in [0.15, 0.2) is 0 Å². The number of amides is 1. The molecule has 0 atom stereocenters. The first-order valence-corrected chi connectivity index (χ1v) is 7.61. The number of halogens is 3. The normalized spacial score (nSPS) is 11.5. The van der Waals surface area contributed by atoms with Gasteiger partial charge in [0.05, 0.1) is 5.52 Å². The van der Waals surface area contributed by atoms with Crippen molar-refractivity contribution < 1.29 is 27.4 Å². The average Bonchev–Trinajstić information content (AvgIpc) is 2.83. The summed E-state index contributed by atoms with van der Waals surface area (Å²) in [6.07, 6.45) is -4.27. The van der Waals surface area contributed by atoms with Crippen molar-refractivity contribution in [3.05, 3.63) is 42.6 Å². The Morgan fingerprint density at radius 1 is 1.24 bits per heavy atom. The SMILES string of the molecule is NC(=O)Oc1[nH]c2cccnc2c1Sc1cccc(OC(F)(F)F)c1. The molecule has 130 valence electrons. The van der Waals surface area contributed by atoms with E-state index in [9.17, 15) is 18.0 Å². The first-order chi connectivity index (χ1) is 11.8. The second kappa shape index (κ2) is 6.55. The molecule has 3 rings (SSSR count). The molecule has 2 aromatic heterocycles. The number of H-pyrrole nitrogens is 1. The fourth-order valence-electron chi connectivity index (χ4n) is 2.09. The summed E-state index contributed by atoms with van der Waals surface area (Å²) < 4.78 is 45.9. The topological polar surface area (TPSA) is 90.2 Å². The number of benzene rings is 1. The number of hydrogen-bond donors (Lipinski definition) is 2. The largest absolute Gasteiger partial charge is 0.573 e. The number of aromatic amines is 1. The number of aromatic nitrogens is 2. The van der Waals surface area contributed by atoms with Gasteiger partial charge in [-0.05, 0) is 30.3 Å². The average molecular weight is 369 g/mol. The Balaban J connectivity index is 1.97. The van der Waals surface area contributed by atoms with Crippen molar-refractivity contribution >= 4 is 28.9 Å². The molecule has 0 radical (unpaired) electrons. The molecule has 25 heavy (non-hydrogen) atoms. The number of primary amides is 1. The number of fused-ring (bicyclic) bond motifs is 1. The van der Waals surface area contributed by atoms with Gasteiger partial charge in [-0.2, -0.15) is 0 Å². The van der Waals surface area contributed by atoms with Crippen LogP contribution in [0, 0.1) is 0 Å². The van der Waals surface area contributed by atoms with E-state index in [1.807, 2.05) is 0 Å². The van der Waals surface area contributed by atoms with Crippen LogP contribution in [0.1, 0.15) is 0 Å². The highest BCUT2D eigenvalue weighted by Gasteiger charge is 2.31. The van der Waals surface area contributed by atoms with Crippen molar-refractivity contribution in [3.8, 4) is 11.6 Å². The van der Waals surface area contributed by atoms with Gasteiger partial charge in [0.2, 0.25) is 5.88 Å². The fourth-order valence-corrected chi connectivity index (χ4v) is 3.10. The lowest BCUT2D eigenvalue weighted by Gasteiger charge is -2.10. The van der Waals surface area contributed by atoms with E-state index in [1.54, 1.807) is 18.2 Å². The molecule has 1 amide bonds. The van der Waals surface area contributed by atoms with Crippen molar-refractivity contribution in [2.24, 2.45) is 5.73 Å². The summed E-state index contributed by atoms with van der Waals surface area (Å²) in [5.41, 5.74) is 6.12. The maximum atomic E-state index is 12.4. The Kier molecular flexibility index (Phi) is 4.45. The van der Waals surface area contributed by atoms with E-state index in [0.29, 0.717) is 20.8 Å². The van der Waals surface area contributed by atoms with Gasteiger partial charge in [-0.3, -0.25) is 4.98 Å². The highest BCUT2D eigenvalue weighted by molar-refractivity contribution is 7.99. The van der Waals surface area contributed by atoms with Crippen molar-refractivity contribution in [1.82, 2.24) is 9.97 Å². The summed E-state index contributed by atoms with van der Waals surface area (Å²) in [6, 6.07) is 8.80. The minimum atomic E-state index is -4.79. The van der Waals surface area contributed by atoms with Gasteiger partial charge in [0.1, 0.15) is 16.2 Å². The molecule has 0 spiro atoms. The van der Waals surface area contributed by atoms with Gasteiger partial charge < -0.3 is 20.2 Å². The van der Waals surface area contributed by atoms with Crippen LogP contribution < -0.4 is 15.2 Å². The van der Waals surface area contributed by atoms with Crippen LogP contribution in [0.15, 0.2) is 52.4 Å². The number of carbonyl (C=O) groups excluding carboxylic acids is 1. The monoisotopic (exact) mass is 369 g/mol. The highest BCUT2D eigenvalue weighted by Crippen LogP contribution is 2.40. The number of rotatable bonds is 4. The molecule has 0 saturated carbocycles. The number of nitrogens with zero attached hydrogens (tertiary/aromatic N) is 1. The van der Waals surface area contributed by atoms with E-state index in [2.05, 4.69) is 14.7 Å². The van der Waals surface area contributed by atoms with Gasteiger partial charge in [-0.25, -0.2) is 4.79 Å². The summed E-state index contributed by atoms with van der Waals surface area (Å²) in [6.45, 7) is 0. The second-order valence-electron chi connectivity index (χ2n) is 4.73. The van der Waals surface area contributed by atoms with E-state index in [-0.39, 0.29) is 11.6 Å². The lowest BCUT2D eigenvalue weighted by molar-refractivity contribution is -0.274. The highest BCUT2D eigenvalue weighted by atomic mass is 32.2. The van der Waals surface area contributed by atoms with Crippen LogP contribution in [0.5, 0.6) is 11.6 Å². The summed E-state index contributed by atoms with van der Waals surface area (Å²) in [4.78, 5) is 19.0. The van der Waals surface area contributed by atoms with Crippen LogP contribution in [0.3, 0.4) is 0 Å². The van der Waals surface area contributed by atoms with E-state index >= 15 is 0 Å². The number of nitrogens with two attached hydrogens (primary N) is 1. The molecule has 2 heterocycles. The summed E-state index contributed by atoms with van der Waals surface area (Å²) in [7, 11) is 0. The number of ether oxygens (including phenoxy) is 2. The molecule has 0 fully saturated rings. The maximum Gasteiger partial charge on any atom is 0.573 e. The molecule has 0 aliphatic heterocycles. The molecule has 3 aromatic rings. The van der Waals surface area contributed by atoms with Gasteiger partial charge in [-0.15, -0.1) is 13.2 Å². The minimum absolute atomic E-state index is 0.0633. The van der Waals surface area contributed by atoms with E-state index < -0.39 is 12.5 Å². The van der Waals surface area contributed by atoms with Crippen molar-refractivity contribution in [1.29, 1.82) is 0 Å². The van der Waals surface area contributed by atoms with Gasteiger partial charge >= 0.3 is 12.5 Å². The molecule has 0 aliphatic rings. The van der Waals surface area contributed by atoms with Crippen molar-refractivity contribution in [2.45, 2.75) is 16.2 Å². The summed E-state index contributed by atoms with van der Waals surface area (Å²) >= 11 is 1.06. The third kappa shape index (κ3) is 4.15. The number of alkyl halides is 3. The third-order valence-corrected chi connectivity index (χ3v) is 4.01. The van der Waals surface area contributed by atoms with Crippen LogP contribution in [0.2, 0.25) is 0 Å². The maximum absolute atomic E-state index is 12.4. The van der Waals surface area contributed by atoms with Crippen LogP contribution in [0.4, 0.5) is 18.0 Å². The first-order valence-electron chi connectivity index (χ1n) is 6.79. The Bertz CT molecular complexity index is 927. The molecule has 0 saturated heterocycles. The van der Waals surface area contributed by atoms with Crippen LogP contribution in [-0.2, 0) is 0 Å². The Labute approximate surface area is 143 Å². The van der Waals surface area contributed by atoms with Gasteiger partial charge in [0, 0.05) is 11.1 Å². The fraction of sp³-hybridized carbons (Fsp3) is 0.0667. The van der Waals surface area contributed by atoms with Crippen LogP contribution in [0.25, 0.3) is 11.0 Å². The van der Waals surface area contributed by atoms with E-state index in [0.717, 1.165) is 11.8 Å². The quantitative estimate of drug-likeness (QED) is 0.723. The number of carbonyl (C=O) groups is 1. The summed E-state index contributed by atoms with van der Waals surface area (Å²) in [5, 5.41) is 0. The van der Waals surface area contributed by atoms with Gasteiger partial charge in [-0.1, -0.05) is 17.8 Å². The Morgan fingerprint density at radius 3 is 2.76 bits per heavy atom. The van der Waals surface area contributed by atoms with Gasteiger partial charge in [0.25, 0.3) is 0 Å². The van der Waals surface area contributed by atoms with Crippen molar-refractivity contribution in [2.75, 3.05) is 0 Å². The lowest BCUT2D eigenvalue weighted by Crippen LogP contribution is -2.17. The Hall–Kier alpha value is -2.88. The lowest BCUT2D eigenvalue weighted by atomic mass is 10.3. The smallest absolute Gasteiger partial charge is 0.406 e. The molecule has 6 nitrogen and oxygen atoms in total. The molecule has 3 N–H and O–H groups in total. The molecular formula is C15H10F3N3O3S. The number of pyridine rings is 1. The molecule has 10 heteroatoms. The van der Waals surface area contributed by atoms with Crippen molar-refractivity contribution in [3.63, 3.8) is 0 Å². The third-order valence-electron chi connectivity index (χ3n) is 2.94. The Morgan fingerprint density at radius 2 is 2.04 bits per heavy atom. The first kappa shape index (κ1) is 17.0. The standard InChI is InChI=1S/C15H10F3N3O3S/c16-15(17,18)24-8-3-1-4-9(7-8)25-12-11-10(5-2-6-20-11)21-13(12)23-14(19)22/h1-7,21H,(H2,19,22). The molecule has 0 aliphatic carbocycles. The van der Waals surface area contributed by atoms with E-state index in [4.69, 9.17) is 10.5 Å². The zero-order valence-corrected chi connectivity index (χ0v) is 13.1.